The number of nitrogens with zero attached hydrogens (tertiary/aromatic N) is 3. The number of aromatic nitrogens is 2. The highest BCUT2D eigenvalue weighted by Crippen LogP contribution is 2.20. The van der Waals surface area contributed by atoms with Gasteiger partial charge in [0.05, 0.1) is 11.4 Å². The fourth-order valence-electron chi connectivity index (χ4n) is 2.41. The Morgan fingerprint density at radius 2 is 1.54 bits per heavy atom. The fraction of sp³-hybridized carbons (Fsp3) is 0.167. The smallest absolute Gasteiger partial charge is 0.345 e. The zero-order chi connectivity index (χ0) is 16.8. The third-order valence-corrected chi connectivity index (χ3v) is 4.53. The van der Waals surface area contributed by atoms with Gasteiger partial charge in [-0.1, -0.05) is 12.1 Å². The van der Waals surface area contributed by atoms with Gasteiger partial charge in [-0.15, -0.1) is 11.3 Å². The van der Waals surface area contributed by atoms with E-state index >= 15 is 0 Å². The first-order valence-corrected chi connectivity index (χ1v) is 8.36. The van der Waals surface area contributed by atoms with Gasteiger partial charge in [0.25, 0.3) is 0 Å². The van der Waals surface area contributed by atoms with E-state index in [-0.39, 0.29) is 0 Å². The minimum Gasteiger partial charge on any atom is -0.477 e. The summed E-state index contributed by atoms with van der Waals surface area (Å²) >= 11 is 1.31. The van der Waals surface area contributed by atoms with Crippen molar-refractivity contribution in [2.45, 2.75) is 19.6 Å². The van der Waals surface area contributed by atoms with Crippen LogP contribution in [0.5, 0.6) is 0 Å². The number of carboxylic acid groups (broad SMARTS) is 1. The van der Waals surface area contributed by atoms with Crippen LogP contribution in [0, 0.1) is 0 Å². The number of thiophene rings is 1. The van der Waals surface area contributed by atoms with E-state index in [0.29, 0.717) is 24.5 Å². The van der Waals surface area contributed by atoms with Crippen molar-refractivity contribution in [2.24, 2.45) is 0 Å². The van der Waals surface area contributed by atoms with Crippen molar-refractivity contribution in [3.63, 3.8) is 0 Å². The average Bonchev–Trinajstić information content (AvgIpc) is 3.05. The predicted octanol–water partition coefficient (Wildman–Crippen LogP) is 3.44. The molecule has 122 valence electrons. The second-order valence-electron chi connectivity index (χ2n) is 5.36. The molecular formula is C18H17N3O2S. The van der Waals surface area contributed by atoms with Crippen LogP contribution in [0.1, 0.15) is 25.9 Å². The van der Waals surface area contributed by atoms with Crippen LogP contribution in [0.15, 0.2) is 60.9 Å². The second-order valence-corrected chi connectivity index (χ2v) is 6.53. The van der Waals surface area contributed by atoms with Crippen molar-refractivity contribution in [2.75, 3.05) is 0 Å². The van der Waals surface area contributed by atoms with Crippen LogP contribution in [0.25, 0.3) is 0 Å². The van der Waals surface area contributed by atoms with Crippen molar-refractivity contribution in [1.82, 2.24) is 14.9 Å². The molecule has 0 saturated heterocycles. The molecule has 1 N–H and O–H groups in total. The van der Waals surface area contributed by atoms with Gasteiger partial charge in [0, 0.05) is 36.9 Å². The molecule has 0 fully saturated rings. The van der Waals surface area contributed by atoms with E-state index in [9.17, 15) is 4.79 Å². The Labute approximate surface area is 144 Å². The summed E-state index contributed by atoms with van der Waals surface area (Å²) in [6.45, 7) is 2.01. The van der Waals surface area contributed by atoms with Crippen LogP contribution in [0.4, 0.5) is 0 Å². The Bertz CT molecular complexity index is 749. The SMILES string of the molecule is O=C(O)c1ccc(CN(Cc2ccccn2)Cc2ccccn2)s1. The molecule has 3 aromatic heterocycles. The molecular weight excluding hydrogens is 322 g/mol. The summed E-state index contributed by atoms with van der Waals surface area (Å²) < 4.78 is 0. The minimum absolute atomic E-state index is 0.362. The normalized spacial score (nSPS) is 10.9. The molecule has 0 aliphatic heterocycles. The zero-order valence-electron chi connectivity index (χ0n) is 13.0. The number of hydrogen-bond donors (Lipinski definition) is 1. The molecule has 3 rings (SSSR count). The Morgan fingerprint density at radius 1 is 0.917 bits per heavy atom. The van der Waals surface area contributed by atoms with E-state index in [1.54, 1.807) is 18.5 Å². The van der Waals surface area contributed by atoms with Gasteiger partial charge < -0.3 is 5.11 Å². The van der Waals surface area contributed by atoms with E-state index < -0.39 is 5.97 Å². The molecule has 3 heterocycles. The molecule has 3 aromatic rings. The predicted molar refractivity (Wildman–Crippen MR) is 92.7 cm³/mol. The second kappa shape index (κ2) is 7.81. The van der Waals surface area contributed by atoms with Crippen LogP contribution < -0.4 is 0 Å². The van der Waals surface area contributed by atoms with Crippen LogP contribution in [-0.4, -0.2) is 25.9 Å². The van der Waals surface area contributed by atoms with E-state index in [4.69, 9.17) is 5.11 Å². The molecule has 24 heavy (non-hydrogen) atoms. The van der Waals surface area contributed by atoms with Gasteiger partial charge in [0.1, 0.15) is 4.88 Å². The maximum Gasteiger partial charge on any atom is 0.345 e. The van der Waals surface area contributed by atoms with Gasteiger partial charge in [-0.25, -0.2) is 4.79 Å². The minimum atomic E-state index is -0.882. The molecule has 0 aromatic carbocycles. The zero-order valence-corrected chi connectivity index (χ0v) is 13.8. The van der Waals surface area contributed by atoms with Crippen LogP contribution in [0.3, 0.4) is 0 Å². The Hall–Kier alpha value is -2.57. The molecule has 5 nitrogen and oxygen atoms in total. The monoisotopic (exact) mass is 339 g/mol. The first-order valence-electron chi connectivity index (χ1n) is 7.55. The summed E-state index contributed by atoms with van der Waals surface area (Å²) in [7, 11) is 0. The molecule has 0 aliphatic carbocycles. The summed E-state index contributed by atoms with van der Waals surface area (Å²) in [5.74, 6) is -0.882. The third kappa shape index (κ3) is 4.47. The van der Waals surface area contributed by atoms with Gasteiger partial charge >= 0.3 is 5.97 Å². The number of carbonyl (C=O) groups is 1. The molecule has 0 spiro atoms. The molecule has 0 radical (unpaired) electrons. The van der Waals surface area contributed by atoms with E-state index in [1.165, 1.54) is 11.3 Å². The molecule has 0 saturated carbocycles. The van der Waals surface area contributed by atoms with Crippen molar-refractivity contribution >= 4 is 17.3 Å². The van der Waals surface area contributed by atoms with Crippen LogP contribution in [0.2, 0.25) is 0 Å². The number of rotatable bonds is 7. The summed E-state index contributed by atoms with van der Waals surface area (Å²) in [5.41, 5.74) is 1.95. The first-order chi connectivity index (χ1) is 11.7. The summed E-state index contributed by atoms with van der Waals surface area (Å²) in [4.78, 5) is 23.4. The number of pyridine rings is 2. The van der Waals surface area contributed by atoms with Gasteiger partial charge in [0.2, 0.25) is 0 Å². The van der Waals surface area contributed by atoms with E-state index in [2.05, 4.69) is 14.9 Å². The van der Waals surface area contributed by atoms with Gasteiger partial charge in [-0.3, -0.25) is 14.9 Å². The Balaban J connectivity index is 1.76. The van der Waals surface area contributed by atoms with Gasteiger partial charge in [-0.05, 0) is 36.4 Å². The maximum atomic E-state index is 11.1. The lowest BCUT2D eigenvalue weighted by molar-refractivity contribution is 0.0702. The number of aromatic carboxylic acids is 1. The number of hydrogen-bond acceptors (Lipinski definition) is 5. The van der Waals surface area contributed by atoms with E-state index in [0.717, 1.165) is 16.3 Å². The summed E-state index contributed by atoms with van der Waals surface area (Å²) in [6.07, 6.45) is 3.56. The van der Waals surface area contributed by atoms with Crippen molar-refractivity contribution in [1.29, 1.82) is 0 Å². The summed E-state index contributed by atoms with van der Waals surface area (Å²) in [5, 5.41) is 9.08. The standard InChI is InChI=1S/C18H17N3O2S/c22-18(23)17-8-7-16(24-17)13-21(11-14-5-1-3-9-19-14)12-15-6-2-4-10-20-15/h1-10H,11-13H2,(H,22,23). The molecule has 6 heteroatoms. The topological polar surface area (TPSA) is 66.3 Å². The van der Waals surface area contributed by atoms with Crippen LogP contribution >= 0.6 is 11.3 Å². The molecule has 0 bridgehead atoms. The molecule has 0 atom stereocenters. The highest BCUT2D eigenvalue weighted by atomic mass is 32.1. The largest absolute Gasteiger partial charge is 0.477 e. The highest BCUT2D eigenvalue weighted by molar-refractivity contribution is 7.13. The van der Waals surface area contributed by atoms with Crippen LogP contribution in [-0.2, 0) is 19.6 Å². The van der Waals surface area contributed by atoms with Gasteiger partial charge in [-0.2, -0.15) is 0 Å². The quantitative estimate of drug-likeness (QED) is 0.714. The lowest BCUT2D eigenvalue weighted by Crippen LogP contribution is -2.23. The third-order valence-electron chi connectivity index (χ3n) is 3.48. The average molecular weight is 339 g/mol. The fourth-order valence-corrected chi connectivity index (χ4v) is 3.30. The lowest BCUT2D eigenvalue weighted by atomic mass is 10.2. The maximum absolute atomic E-state index is 11.1. The molecule has 0 amide bonds. The first kappa shape index (κ1) is 16.3. The Morgan fingerprint density at radius 3 is 2.00 bits per heavy atom. The molecule has 0 aliphatic rings. The highest BCUT2D eigenvalue weighted by Gasteiger charge is 2.13. The lowest BCUT2D eigenvalue weighted by Gasteiger charge is -2.21. The number of carboxylic acids is 1. The van der Waals surface area contributed by atoms with E-state index in [1.807, 2.05) is 42.5 Å². The van der Waals surface area contributed by atoms with Crippen molar-refractivity contribution < 1.29 is 9.90 Å². The summed E-state index contributed by atoms with van der Waals surface area (Å²) in [6, 6.07) is 15.2. The van der Waals surface area contributed by atoms with Crippen molar-refractivity contribution in [3.8, 4) is 0 Å². The Kier molecular flexibility index (Phi) is 5.30. The van der Waals surface area contributed by atoms with Gasteiger partial charge in [0.15, 0.2) is 0 Å². The van der Waals surface area contributed by atoms with Crippen molar-refractivity contribution in [3.05, 3.63) is 82.1 Å². The molecule has 0 unspecified atom stereocenters.